The first-order valence-electron chi connectivity index (χ1n) is 6.45. The van der Waals surface area contributed by atoms with Crippen molar-refractivity contribution in [3.63, 3.8) is 0 Å². The molecule has 86 valence electrons. The maximum atomic E-state index is 4.51. The van der Waals surface area contributed by atoms with E-state index in [1.165, 1.54) is 31.9 Å². The molecule has 0 aromatic rings. The molecule has 0 radical (unpaired) electrons. The third-order valence-electron chi connectivity index (χ3n) is 4.65. The van der Waals surface area contributed by atoms with Crippen LogP contribution in [0.15, 0.2) is 0 Å². The van der Waals surface area contributed by atoms with Gasteiger partial charge in [-0.3, -0.25) is 0 Å². The summed E-state index contributed by atoms with van der Waals surface area (Å²) in [4.78, 5) is 0. The third-order valence-corrected chi connectivity index (χ3v) is 6.31. The number of hydrogen-bond donors (Lipinski definition) is 1. The lowest BCUT2D eigenvalue weighted by Crippen LogP contribution is -2.41. The summed E-state index contributed by atoms with van der Waals surface area (Å²) >= 11 is 6.63. The zero-order chi connectivity index (χ0) is 10.8. The highest BCUT2D eigenvalue weighted by Crippen LogP contribution is 2.57. The number of thiol groups is 1. The summed E-state index contributed by atoms with van der Waals surface area (Å²) in [6, 6.07) is 0. The Balaban J connectivity index is 1.96. The molecule has 0 bridgehead atoms. The van der Waals surface area contributed by atoms with Gasteiger partial charge in [0.15, 0.2) is 0 Å². The van der Waals surface area contributed by atoms with Gasteiger partial charge >= 0.3 is 0 Å². The fraction of sp³-hybridized carbons (Fsp3) is 1.00. The van der Waals surface area contributed by atoms with Gasteiger partial charge in [-0.25, -0.2) is 0 Å². The Kier molecular flexibility index (Phi) is 4.40. The van der Waals surface area contributed by atoms with Crippen molar-refractivity contribution < 1.29 is 0 Å². The number of fused-ring (bicyclic) bond motifs is 1. The maximum absolute atomic E-state index is 4.51. The Hall–Kier alpha value is 0.765. The fourth-order valence-corrected chi connectivity index (χ4v) is 5.45. The minimum Gasteiger partial charge on any atom is -0.179 e. The highest BCUT2D eigenvalue weighted by molar-refractivity contribution is 7.99. The van der Waals surface area contributed by atoms with Crippen LogP contribution in [0, 0.1) is 11.8 Å². The molecule has 3 heteroatoms. The summed E-state index contributed by atoms with van der Waals surface area (Å²) < 4.78 is 0. The minimum absolute atomic E-state index is 0.938. The van der Waals surface area contributed by atoms with Gasteiger partial charge in [-0.1, -0.05) is 38.2 Å². The zero-order valence-corrected chi connectivity index (χ0v) is 11.7. The van der Waals surface area contributed by atoms with Crippen molar-refractivity contribution in [2.24, 2.45) is 11.8 Å². The predicted octanol–water partition coefficient (Wildman–Crippen LogP) is 3.96. The smallest absolute Gasteiger partial charge is 0.144 e. The van der Waals surface area contributed by atoms with E-state index < -0.39 is 0 Å². The first-order valence-corrected chi connectivity index (χ1v) is 8.37. The second-order valence-corrected chi connectivity index (χ2v) is 6.76. The van der Waals surface area contributed by atoms with Gasteiger partial charge in [-0.2, -0.15) is 24.4 Å². The minimum atomic E-state index is 0.938. The van der Waals surface area contributed by atoms with Crippen LogP contribution in [0.25, 0.3) is 0 Å². The summed E-state index contributed by atoms with van der Waals surface area (Å²) in [5, 5.41) is 0.938. The zero-order valence-electron chi connectivity index (χ0n) is 9.98. The average molecular weight is 242 g/mol. The largest absolute Gasteiger partial charge is 0.179 e. The molecule has 0 aliphatic carbocycles. The van der Waals surface area contributed by atoms with E-state index in [4.69, 9.17) is 0 Å². The molecule has 0 saturated carbocycles. The van der Waals surface area contributed by atoms with Gasteiger partial charge in [0, 0.05) is 5.25 Å². The first kappa shape index (κ1) is 12.2. The van der Waals surface area contributed by atoms with E-state index in [9.17, 15) is 0 Å². The molecular formula is C12H23BS2. The van der Waals surface area contributed by atoms with Gasteiger partial charge in [0.25, 0.3) is 0 Å². The molecule has 4 atom stereocenters. The van der Waals surface area contributed by atoms with Crippen LogP contribution in [-0.4, -0.2) is 24.0 Å². The molecule has 2 heterocycles. The van der Waals surface area contributed by atoms with E-state index in [1.807, 2.05) is 0 Å². The normalized spacial score (nSPS) is 36.2. The van der Waals surface area contributed by atoms with Gasteiger partial charge in [0.05, 0.1) is 0 Å². The molecule has 2 aliphatic heterocycles. The molecule has 2 rings (SSSR count). The van der Waals surface area contributed by atoms with Crippen LogP contribution in [0.1, 0.15) is 26.2 Å². The van der Waals surface area contributed by atoms with E-state index in [0.29, 0.717) is 0 Å². The summed E-state index contributed by atoms with van der Waals surface area (Å²) in [6.45, 7) is 3.41. The van der Waals surface area contributed by atoms with Crippen LogP contribution in [0.3, 0.4) is 0 Å². The average Bonchev–Trinajstić information content (AvgIpc) is 2.53. The Morgan fingerprint density at radius 2 is 2.33 bits per heavy atom. The maximum Gasteiger partial charge on any atom is 0.144 e. The lowest BCUT2D eigenvalue weighted by molar-refractivity contribution is 0.374. The standard InChI is InChI=1S/C12H23BS2/c1-3-4-11(15-2)10-5-6-13-7-9(8-14)12(10)13/h9-12,14H,3-8H2,1-2H3. The third kappa shape index (κ3) is 2.24. The summed E-state index contributed by atoms with van der Waals surface area (Å²) in [6.07, 6.45) is 9.59. The number of hydrogen-bond acceptors (Lipinski definition) is 2. The van der Waals surface area contributed by atoms with Gasteiger partial charge in [0.1, 0.15) is 6.71 Å². The van der Waals surface area contributed by atoms with Gasteiger partial charge in [0.2, 0.25) is 0 Å². The number of rotatable bonds is 5. The van der Waals surface area contributed by atoms with Crippen molar-refractivity contribution in [3.8, 4) is 0 Å². The molecule has 2 aliphatic rings. The van der Waals surface area contributed by atoms with Crippen LogP contribution in [-0.2, 0) is 0 Å². The highest BCUT2D eigenvalue weighted by Gasteiger charge is 2.52. The summed E-state index contributed by atoms with van der Waals surface area (Å²) in [7, 11) is 0. The molecule has 0 N–H and O–H groups in total. The van der Waals surface area contributed by atoms with Crippen molar-refractivity contribution >= 4 is 31.1 Å². The van der Waals surface area contributed by atoms with E-state index in [1.54, 1.807) is 0 Å². The Morgan fingerprint density at radius 1 is 1.53 bits per heavy atom. The molecule has 2 saturated heterocycles. The quantitative estimate of drug-likeness (QED) is 0.562. The van der Waals surface area contributed by atoms with Crippen LogP contribution < -0.4 is 0 Å². The van der Waals surface area contributed by atoms with Crippen LogP contribution >= 0.6 is 24.4 Å². The van der Waals surface area contributed by atoms with Crippen molar-refractivity contribution in [2.45, 2.75) is 49.9 Å². The molecule has 15 heavy (non-hydrogen) atoms. The first-order chi connectivity index (χ1) is 7.31. The monoisotopic (exact) mass is 242 g/mol. The van der Waals surface area contributed by atoms with Crippen molar-refractivity contribution in [1.82, 2.24) is 0 Å². The molecule has 0 amide bonds. The van der Waals surface area contributed by atoms with E-state index in [-0.39, 0.29) is 0 Å². The van der Waals surface area contributed by atoms with Crippen LogP contribution in [0.2, 0.25) is 18.5 Å². The molecule has 0 spiro atoms. The molecule has 0 aromatic heterocycles. The summed E-state index contributed by atoms with van der Waals surface area (Å²) in [5.74, 6) is 4.16. The second kappa shape index (κ2) is 5.40. The Bertz CT molecular complexity index is 210. The van der Waals surface area contributed by atoms with Gasteiger partial charge < -0.3 is 0 Å². The molecule has 0 aromatic carbocycles. The molecule has 0 nitrogen and oxygen atoms in total. The SMILES string of the molecule is CCCC(SC)C1CCB2CC(CS)C21. The van der Waals surface area contributed by atoms with Crippen LogP contribution in [0.4, 0.5) is 0 Å². The topological polar surface area (TPSA) is 0 Å². The van der Waals surface area contributed by atoms with Crippen molar-refractivity contribution in [3.05, 3.63) is 0 Å². The lowest BCUT2D eigenvalue weighted by Gasteiger charge is -2.43. The molecular weight excluding hydrogens is 219 g/mol. The van der Waals surface area contributed by atoms with E-state index in [2.05, 4.69) is 37.6 Å². The van der Waals surface area contributed by atoms with Gasteiger partial charge in [-0.05, 0) is 30.3 Å². The molecule has 2 fully saturated rings. The van der Waals surface area contributed by atoms with Crippen molar-refractivity contribution in [1.29, 1.82) is 0 Å². The Morgan fingerprint density at radius 3 is 2.93 bits per heavy atom. The Labute approximate surface area is 105 Å². The van der Waals surface area contributed by atoms with Crippen molar-refractivity contribution in [2.75, 3.05) is 12.0 Å². The molecule has 4 unspecified atom stereocenters. The van der Waals surface area contributed by atoms with E-state index in [0.717, 1.165) is 35.4 Å². The predicted molar refractivity (Wildman–Crippen MR) is 76.8 cm³/mol. The second-order valence-electron chi connectivity index (χ2n) is 5.32. The summed E-state index contributed by atoms with van der Waals surface area (Å²) in [5.41, 5.74) is 0. The van der Waals surface area contributed by atoms with Gasteiger partial charge in [-0.15, -0.1) is 0 Å². The number of thioether (sulfide) groups is 1. The van der Waals surface area contributed by atoms with Crippen LogP contribution in [0.5, 0.6) is 0 Å². The lowest BCUT2D eigenvalue weighted by atomic mass is 9.26. The highest BCUT2D eigenvalue weighted by atomic mass is 32.2. The fourth-order valence-electron chi connectivity index (χ4n) is 3.92. The van der Waals surface area contributed by atoms with E-state index >= 15 is 0 Å².